The van der Waals surface area contributed by atoms with Gasteiger partial charge in [-0.3, -0.25) is 19.3 Å². The molecule has 0 fully saturated rings. The number of aryl methyl sites for hydroxylation is 1. The number of hydrogen-bond acceptors (Lipinski definition) is 6. The molecule has 0 saturated heterocycles. The van der Waals surface area contributed by atoms with Crippen molar-refractivity contribution in [1.82, 2.24) is 14.5 Å². The first kappa shape index (κ1) is 14.9. The molecule has 8 heteroatoms. The second kappa shape index (κ2) is 5.65. The maximum atomic E-state index is 12.1. The van der Waals surface area contributed by atoms with E-state index < -0.39 is 11.8 Å². The topological polar surface area (TPSA) is 105 Å². The highest BCUT2D eigenvalue weighted by Crippen LogP contribution is 2.19. The first-order valence-corrected chi connectivity index (χ1v) is 6.92. The molecular weight excluding hydrogens is 300 g/mol. The Balaban J connectivity index is 1.92. The van der Waals surface area contributed by atoms with Gasteiger partial charge in [0.2, 0.25) is 0 Å². The number of carbonyl (C=O) groups excluding carboxylic acids is 2. The number of benzene rings is 1. The lowest BCUT2D eigenvalue weighted by Crippen LogP contribution is -2.34. The van der Waals surface area contributed by atoms with E-state index in [0.717, 1.165) is 4.90 Å². The number of imide groups is 1. The summed E-state index contributed by atoms with van der Waals surface area (Å²) in [4.78, 5) is 41.0. The van der Waals surface area contributed by atoms with Gasteiger partial charge in [-0.05, 0) is 18.2 Å². The summed E-state index contributed by atoms with van der Waals surface area (Å²) in [6.45, 7) is -0.349. The van der Waals surface area contributed by atoms with E-state index in [4.69, 9.17) is 5.11 Å². The standard InChI is InChI=1S/C15H14N4O4/c1-18-8-16-11-3-2-9(6-10(11)14(18)22)17-12-7-13(21)19(4-5-20)15(12)23/h2-3,6-8,17,20H,4-5H2,1H3. The molecule has 2 aromatic rings. The van der Waals surface area contributed by atoms with Crippen molar-refractivity contribution < 1.29 is 14.7 Å². The lowest BCUT2D eigenvalue weighted by molar-refractivity contribution is -0.137. The summed E-state index contributed by atoms with van der Waals surface area (Å²) in [5.41, 5.74) is 0.941. The van der Waals surface area contributed by atoms with E-state index in [2.05, 4.69) is 10.3 Å². The Kier molecular flexibility index (Phi) is 3.67. The molecule has 1 aromatic carbocycles. The molecular formula is C15H14N4O4. The molecule has 1 aliphatic heterocycles. The van der Waals surface area contributed by atoms with Crippen LogP contribution < -0.4 is 10.9 Å². The summed E-state index contributed by atoms with van der Waals surface area (Å²) >= 11 is 0. The van der Waals surface area contributed by atoms with Crippen molar-refractivity contribution in [2.75, 3.05) is 18.5 Å². The van der Waals surface area contributed by atoms with Crippen LogP contribution in [0.25, 0.3) is 10.9 Å². The normalized spacial score (nSPS) is 14.5. The largest absolute Gasteiger partial charge is 0.395 e. The lowest BCUT2D eigenvalue weighted by atomic mass is 10.2. The quantitative estimate of drug-likeness (QED) is 0.744. The van der Waals surface area contributed by atoms with Crippen molar-refractivity contribution in [3.8, 4) is 0 Å². The Morgan fingerprint density at radius 3 is 2.78 bits per heavy atom. The molecule has 2 heterocycles. The zero-order valence-electron chi connectivity index (χ0n) is 12.3. The molecule has 0 aliphatic carbocycles. The maximum Gasteiger partial charge on any atom is 0.277 e. The molecule has 2 amide bonds. The van der Waals surface area contributed by atoms with Gasteiger partial charge in [-0.2, -0.15) is 0 Å². The van der Waals surface area contributed by atoms with E-state index in [9.17, 15) is 14.4 Å². The van der Waals surface area contributed by atoms with Gasteiger partial charge in [0, 0.05) is 18.8 Å². The SMILES string of the molecule is Cn1cnc2ccc(NC3=CC(=O)N(CCO)C3=O)cc2c1=O. The average Bonchev–Trinajstić information content (AvgIpc) is 2.79. The van der Waals surface area contributed by atoms with E-state index in [-0.39, 0.29) is 24.4 Å². The summed E-state index contributed by atoms with van der Waals surface area (Å²) in [6, 6.07) is 4.91. The van der Waals surface area contributed by atoms with Crippen LogP contribution in [0.15, 0.2) is 41.1 Å². The number of fused-ring (bicyclic) bond motifs is 1. The third-order valence-corrected chi connectivity index (χ3v) is 3.53. The number of nitrogens with one attached hydrogen (secondary N) is 1. The fourth-order valence-electron chi connectivity index (χ4n) is 2.35. The van der Waals surface area contributed by atoms with E-state index >= 15 is 0 Å². The number of carbonyl (C=O) groups is 2. The fraction of sp³-hybridized carbons (Fsp3) is 0.200. The number of aliphatic hydroxyl groups excluding tert-OH is 1. The van der Waals surface area contributed by atoms with Gasteiger partial charge in [-0.15, -0.1) is 0 Å². The predicted octanol–water partition coefficient (Wildman–Crippen LogP) is -0.410. The van der Waals surface area contributed by atoms with Gasteiger partial charge >= 0.3 is 0 Å². The van der Waals surface area contributed by atoms with Crippen molar-refractivity contribution in [1.29, 1.82) is 0 Å². The second-order valence-electron chi connectivity index (χ2n) is 5.09. The summed E-state index contributed by atoms with van der Waals surface area (Å²) in [5, 5.41) is 12.1. The average molecular weight is 314 g/mol. The number of aliphatic hydroxyl groups is 1. The highest BCUT2D eigenvalue weighted by atomic mass is 16.3. The fourth-order valence-corrected chi connectivity index (χ4v) is 2.35. The third kappa shape index (κ3) is 2.59. The molecule has 1 aliphatic rings. The monoisotopic (exact) mass is 314 g/mol. The summed E-state index contributed by atoms with van der Waals surface area (Å²) < 4.78 is 1.36. The van der Waals surface area contributed by atoms with E-state index in [1.807, 2.05) is 0 Å². The Morgan fingerprint density at radius 2 is 2.04 bits per heavy atom. The number of β-amino-alcohol motifs (C(OH)–C–C–N with tert-alkyl or cyclic N) is 1. The van der Waals surface area contributed by atoms with Gasteiger partial charge in [0.1, 0.15) is 5.70 Å². The third-order valence-electron chi connectivity index (χ3n) is 3.53. The van der Waals surface area contributed by atoms with Crippen LogP contribution in [0.2, 0.25) is 0 Å². The van der Waals surface area contributed by atoms with E-state index in [0.29, 0.717) is 16.6 Å². The lowest BCUT2D eigenvalue weighted by Gasteiger charge is -2.13. The zero-order valence-corrected chi connectivity index (χ0v) is 12.3. The molecule has 1 aromatic heterocycles. The Hall–Kier alpha value is -3.00. The summed E-state index contributed by atoms with van der Waals surface area (Å²) in [5.74, 6) is -0.992. The molecule has 0 bridgehead atoms. The number of anilines is 1. The molecule has 118 valence electrons. The highest BCUT2D eigenvalue weighted by Gasteiger charge is 2.30. The van der Waals surface area contributed by atoms with Crippen molar-refractivity contribution >= 4 is 28.4 Å². The number of nitrogens with zero attached hydrogens (tertiary/aromatic N) is 3. The van der Waals surface area contributed by atoms with Gasteiger partial charge in [-0.25, -0.2) is 4.98 Å². The maximum absolute atomic E-state index is 12.1. The molecule has 8 nitrogen and oxygen atoms in total. The molecule has 23 heavy (non-hydrogen) atoms. The minimum absolute atomic E-state index is 0.0540. The van der Waals surface area contributed by atoms with Gasteiger partial charge in [-0.1, -0.05) is 0 Å². The van der Waals surface area contributed by atoms with E-state index in [1.54, 1.807) is 25.2 Å². The number of amides is 2. The summed E-state index contributed by atoms with van der Waals surface area (Å²) in [7, 11) is 1.60. The molecule has 0 unspecified atom stereocenters. The molecule has 0 spiro atoms. The van der Waals surface area contributed by atoms with Gasteiger partial charge < -0.3 is 15.0 Å². The predicted molar refractivity (Wildman–Crippen MR) is 82.5 cm³/mol. The Bertz CT molecular complexity index is 900. The molecule has 2 N–H and O–H groups in total. The summed E-state index contributed by atoms with van der Waals surface area (Å²) in [6.07, 6.45) is 2.61. The van der Waals surface area contributed by atoms with E-state index in [1.165, 1.54) is 17.0 Å². The van der Waals surface area contributed by atoms with Gasteiger partial charge in [0.15, 0.2) is 0 Å². The first-order chi connectivity index (χ1) is 11.0. The van der Waals surface area contributed by atoms with Crippen LogP contribution in [0.3, 0.4) is 0 Å². The van der Waals surface area contributed by atoms with Crippen LogP contribution in [0.5, 0.6) is 0 Å². The Labute approximate surface area is 130 Å². The molecule has 0 saturated carbocycles. The van der Waals surface area contributed by atoms with Crippen LogP contribution >= 0.6 is 0 Å². The van der Waals surface area contributed by atoms with Crippen molar-refractivity contribution in [2.24, 2.45) is 7.05 Å². The zero-order chi connectivity index (χ0) is 16.6. The first-order valence-electron chi connectivity index (χ1n) is 6.92. The molecule has 0 radical (unpaired) electrons. The van der Waals surface area contributed by atoms with Crippen LogP contribution in [0.4, 0.5) is 5.69 Å². The van der Waals surface area contributed by atoms with Crippen molar-refractivity contribution in [3.63, 3.8) is 0 Å². The number of rotatable bonds is 4. The minimum atomic E-state index is -0.511. The number of hydrogen-bond donors (Lipinski definition) is 2. The minimum Gasteiger partial charge on any atom is -0.395 e. The van der Waals surface area contributed by atoms with Crippen molar-refractivity contribution in [2.45, 2.75) is 0 Å². The molecule has 3 rings (SSSR count). The smallest absolute Gasteiger partial charge is 0.277 e. The van der Waals surface area contributed by atoms with Crippen LogP contribution in [0, 0.1) is 0 Å². The van der Waals surface area contributed by atoms with Gasteiger partial charge in [0.05, 0.1) is 30.4 Å². The number of aromatic nitrogens is 2. The Morgan fingerprint density at radius 1 is 1.26 bits per heavy atom. The highest BCUT2D eigenvalue weighted by molar-refractivity contribution is 6.17. The second-order valence-corrected chi connectivity index (χ2v) is 5.09. The van der Waals surface area contributed by atoms with Gasteiger partial charge in [0.25, 0.3) is 17.4 Å². The van der Waals surface area contributed by atoms with Crippen molar-refractivity contribution in [3.05, 3.63) is 46.7 Å². The van der Waals surface area contributed by atoms with Crippen LogP contribution in [-0.4, -0.2) is 44.5 Å². The molecule has 0 atom stereocenters. The van der Waals surface area contributed by atoms with Crippen LogP contribution in [-0.2, 0) is 16.6 Å². The van der Waals surface area contributed by atoms with Crippen LogP contribution in [0.1, 0.15) is 0 Å².